The van der Waals surface area contributed by atoms with Crippen LogP contribution in [0.15, 0.2) is 48.5 Å². The first-order valence-corrected chi connectivity index (χ1v) is 9.84. The summed E-state index contributed by atoms with van der Waals surface area (Å²) in [5.41, 5.74) is 5.18. The third-order valence-corrected chi connectivity index (χ3v) is 5.87. The molecule has 0 saturated carbocycles. The van der Waals surface area contributed by atoms with Gasteiger partial charge in [0.2, 0.25) is 0 Å². The van der Waals surface area contributed by atoms with E-state index in [-0.39, 0.29) is 6.04 Å². The summed E-state index contributed by atoms with van der Waals surface area (Å²) in [5.74, 6) is 0. The van der Waals surface area contributed by atoms with Crippen molar-refractivity contribution in [3.8, 4) is 0 Å². The van der Waals surface area contributed by atoms with Crippen LogP contribution in [0.4, 0.5) is 0 Å². The molecule has 4 heteroatoms. The van der Waals surface area contributed by atoms with Gasteiger partial charge < -0.3 is 9.88 Å². The standard InChI is InChI=1S/C22H26ClN3/c1-3-25-12-14-26(15-13-25)22(17-8-10-18(23)11-9-17)21-16(2)24-20-7-5-4-6-19(20)21/h4-11,22,24H,3,12-15H2,1-2H3/t22-/m1/s1. The lowest BCUT2D eigenvalue weighted by atomic mass is 9.94. The molecule has 3 nitrogen and oxygen atoms in total. The van der Waals surface area contributed by atoms with Gasteiger partial charge in [-0.15, -0.1) is 0 Å². The number of aryl methyl sites for hydroxylation is 1. The van der Waals surface area contributed by atoms with Gasteiger partial charge in [-0.2, -0.15) is 0 Å². The molecule has 0 aliphatic carbocycles. The number of hydrogen-bond donors (Lipinski definition) is 1. The van der Waals surface area contributed by atoms with E-state index < -0.39 is 0 Å². The van der Waals surface area contributed by atoms with Gasteiger partial charge >= 0.3 is 0 Å². The summed E-state index contributed by atoms with van der Waals surface area (Å²) < 4.78 is 0. The Kier molecular flexibility index (Phi) is 5.03. The molecular weight excluding hydrogens is 342 g/mol. The SMILES string of the molecule is CCN1CCN([C@H](c2ccc(Cl)cc2)c2c(C)[nH]c3ccccc23)CC1. The fourth-order valence-corrected chi connectivity index (χ4v) is 4.32. The first-order chi connectivity index (χ1) is 12.7. The summed E-state index contributed by atoms with van der Waals surface area (Å²) >= 11 is 6.16. The van der Waals surface area contributed by atoms with Crippen LogP contribution in [0.3, 0.4) is 0 Å². The maximum atomic E-state index is 6.16. The molecule has 3 aromatic rings. The van der Waals surface area contributed by atoms with Gasteiger partial charge in [-0.05, 0) is 37.2 Å². The number of aromatic nitrogens is 1. The number of nitrogens with zero attached hydrogens (tertiary/aromatic N) is 2. The number of H-pyrrole nitrogens is 1. The van der Waals surface area contributed by atoms with Crippen LogP contribution in [0.1, 0.15) is 29.8 Å². The summed E-state index contributed by atoms with van der Waals surface area (Å²) in [4.78, 5) is 8.73. The van der Waals surface area contributed by atoms with E-state index in [9.17, 15) is 0 Å². The molecule has 0 amide bonds. The molecule has 4 rings (SSSR count). The fraction of sp³-hybridized carbons (Fsp3) is 0.364. The largest absolute Gasteiger partial charge is 0.358 e. The Morgan fingerprint density at radius 2 is 1.69 bits per heavy atom. The van der Waals surface area contributed by atoms with Crippen molar-refractivity contribution in [2.24, 2.45) is 0 Å². The van der Waals surface area contributed by atoms with Gasteiger partial charge in [-0.3, -0.25) is 4.90 Å². The van der Waals surface area contributed by atoms with E-state index in [1.54, 1.807) is 0 Å². The highest BCUT2D eigenvalue weighted by atomic mass is 35.5. The Balaban J connectivity index is 1.80. The highest BCUT2D eigenvalue weighted by Crippen LogP contribution is 2.37. The molecule has 1 fully saturated rings. The highest BCUT2D eigenvalue weighted by molar-refractivity contribution is 6.30. The van der Waals surface area contributed by atoms with Crippen molar-refractivity contribution in [1.29, 1.82) is 0 Å². The highest BCUT2D eigenvalue weighted by Gasteiger charge is 2.29. The van der Waals surface area contributed by atoms with Crippen LogP contribution in [-0.2, 0) is 0 Å². The van der Waals surface area contributed by atoms with Gasteiger partial charge in [-0.25, -0.2) is 0 Å². The molecule has 1 aromatic heterocycles. The number of nitrogens with one attached hydrogen (secondary N) is 1. The number of rotatable bonds is 4. The third-order valence-electron chi connectivity index (χ3n) is 5.62. The number of hydrogen-bond acceptors (Lipinski definition) is 2. The lowest BCUT2D eigenvalue weighted by molar-refractivity contribution is 0.113. The zero-order valence-corrected chi connectivity index (χ0v) is 16.3. The second kappa shape index (κ2) is 7.43. The zero-order valence-electron chi connectivity index (χ0n) is 15.5. The lowest BCUT2D eigenvalue weighted by Gasteiger charge is -2.39. The number of benzene rings is 2. The molecule has 1 saturated heterocycles. The molecule has 0 bridgehead atoms. The van der Waals surface area contributed by atoms with E-state index >= 15 is 0 Å². The van der Waals surface area contributed by atoms with Gasteiger partial charge in [-0.1, -0.05) is 48.9 Å². The average Bonchev–Trinajstić information content (AvgIpc) is 3.00. The predicted octanol–water partition coefficient (Wildman–Crippen LogP) is 4.86. The molecule has 2 heterocycles. The van der Waals surface area contributed by atoms with Crippen LogP contribution in [0, 0.1) is 6.92 Å². The molecule has 1 N–H and O–H groups in total. The van der Waals surface area contributed by atoms with E-state index in [0.29, 0.717) is 0 Å². The maximum absolute atomic E-state index is 6.16. The smallest absolute Gasteiger partial charge is 0.0626 e. The summed E-state index contributed by atoms with van der Waals surface area (Å²) in [6, 6.07) is 17.3. The molecule has 0 spiro atoms. The molecule has 26 heavy (non-hydrogen) atoms. The van der Waals surface area contributed by atoms with Gasteiger partial charge in [0.1, 0.15) is 0 Å². The number of fused-ring (bicyclic) bond motifs is 1. The molecule has 0 radical (unpaired) electrons. The second-order valence-corrected chi connectivity index (χ2v) is 7.57. The molecular formula is C22H26ClN3. The molecule has 1 aliphatic rings. The maximum Gasteiger partial charge on any atom is 0.0626 e. The van der Waals surface area contributed by atoms with Gasteiger partial charge in [0.05, 0.1) is 6.04 Å². The van der Waals surface area contributed by atoms with Crippen molar-refractivity contribution >= 4 is 22.5 Å². The zero-order chi connectivity index (χ0) is 18.1. The Hall–Kier alpha value is -1.81. The second-order valence-electron chi connectivity index (χ2n) is 7.13. The summed E-state index contributed by atoms with van der Waals surface area (Å²) in [6.45, 7) is 9.99. The van der Waals surface area contributed by atoms with Crippen molar-refractivity contribution in [1.82, 2.24) is 14.8 Å². The number of para-hydroxylation sites is 1. The van der Waals surface area contributed by atoms with E-state index in [4.69, 9.17) is 11.6 Å². The van der Waals surface area contributed by atoms with E-state index in [0.717, 1.165) is 37.7 Å². The van der Waals surface area contributed by atoms with E-state index in [1.807, 2.05) is 12.1 Å². The van der Waals surface area contributed by atoms with Gasteiger partial charge in [0, 0.05) is 53.4 Å². The van der Waals surface area contributed by atoms with Crippen molar-refractivity contribution in [2.75, 3.05) is 32.7 Å². The third kappa shape index (κ3) is 3.27. The Bertz CT molecular complexity index is 876. The quantitative estimate of drug-likeness (QED) is 0.711. The summed E-state index contributed by atoms with van der Waals surface area (Å²) in [6.07, 6.45) is 0. The van der Waals surface area contributed by atoms with Crippen LogP contribution >= 0.6 is 11.6 Å². The molecule has 2 aromatic carbocycles. The van der Waals surface area contributed by atoms with Crippen LogP contribution in [0.2, 0.25) is 5.02 Å². The van der Waals surface area contributed by atoms with Crippen molar-refractivity contribution in [3.63, 3.8) is 0 Å². The van der Waals surface area contributed by atoms with Gasteiger partial charge in [0.15, 0.2) is 0 Å². The Morgan fingerprint density at radius 1 is 1.00 bits per heavy atom. The lowest BCUT2D eigenvalue weighted by Crippen LogP contribution is -2.47. The van der Waals surface area contributed by atoms with Crippen LogP contribution in [0.25, 0.3) is 10.9 Å². The number of halogens is 1. The molecule has 1 atom stereocenters. The normalized spacial score (nSPS) is 17.7. The Labute approximate surface area is 160 Å². The van der Waals surface area contributed by atoms with Crippen LogP contribution in [0.5, 0.6) is 0 Å². The van der Waals surface area contributed by atoms with Gasteiger partial charge in [0.25, 0.3) is 0 Å². The topological polar surface area (TPSA) is 22.3 Å². The Morgan fingerprint density at radius 3 is 2.38 bits per heavy atom. The summed E-state index contributed by atoms with van der Waals surface area (Å²) in [7, 11) is 0. The van der Waals surface area contributed by atoms with E-state index in [1.165, 1.54) is 27.7 Å². The monoisotopic (exact) mass is 367 g/mol. The van der Waals surface area contributed by atoms with Crippen molar-refractivity contribution < 1.29 is 0 Å². The number of likely N-dealkylation sites (N-methyl/N-ethyl adjacent to an activating group) is 1. The minimum atomic E-state index is 0.252. The van der Waals surface area contributed by atoms with Crippen molar-refractivity contribution in [3.05, 3.63) is 70.4 Å². The first-order valence-electron chi connectivity index (χ1n) is 9.46. The minimum Gasteiger partial charge on any atom is -0.358 e. The first kappa shape index (κ1) is 17.6. The predicted molar refractivity (Wildman–Crippen MR) is 110 cm³/mol. The molecule has 136 valence electrons. The van der Waals surface area contributed by atoms with E-state index in [2.05, 4.69) is 65.0 Å². The van der Waals surface area contributed by atoms with Crippen LogP contribution < -0.4 is 0 Å². The minimum absolute atomic E-state index is 0.252. The number of aromatic amines is 1. The fourth-order valence-electron chi connectivity index (χ4n) is 4.19. The van der Waals surface area contributed by atoms with Crippen LogP contribution in [-0.4, -0.2) is 47.5 Å². The number of piperazine rings is 1. The molecule has 0 unspecified atom stereocenters. The summed E-state index contributed by atoms with van der Waals surface area (Å²) in [5, 5.41) is 2.11. The van der Waals surface area contributed by atoms with Crippen molar-refractivity contribution in [2.45, 2.75) is 19.9 Å². The molecule has 1 aliphatic heterocycles. The average molecular weight is 368 g/mol.